The first kappa shape index (κ1) is 20.8. The Morgan fingerprint density at radius 1 is 1.30 bits per heavy atom. The molecule has 0 aliphatic carbocycles. The number of anilines is 2. The lowest BCUT2D eigenvalue weighted by atomic mass is 10.2. The molecule has 0 aromatic heterocycles. The van der Waals surface area contributed by atoms with Crippen LogP contribution in [0.4, 0.5) is 11.4 Å². The van der Waals surface area contributed by atoms with E-state index in [0.29, 0.717) is 28.8 Å². The summed E-state index contributed by atoms with van der Waals surface area (Å²) in [6.07, 6.45) is 2.66. The molecule has 8 heteroatoms. The number of nitrogens with zero attached hydrogens (tertiary/aromatic N) is 1. The van der Waals surface area contributed by atoms with Crippen molar-refractivity contribution in [2.45, 2.75) is 13.0 Å². The fourth-order valence-corrected chi connectivity index (χ4v) is 3.84. The molecule has 0 aliphatic heterocycles. The van der Waals surface area contributed by atoms with Crippen molar-refractivity contribution in [1.29, 1.82) is 0 Å². The third-order valence-electron chi connectivity index (χ3n) is 3.62. The lowest BCUT2D eigenvalue weighted by molar-refractivity contribution is -0.116. The Morgan fingerprint density at radius 2 is 2.00 bits per heavy atom. The van der Waals surface area contributed by atoms with Gasteiger partial charge in [0.05, 0.1) is 11.9 Å². The molecular formula is C19H21ClN2O4S. The normalized spacial score (nSPS) is 12.1. The third kappa shape index (κ3) is 5.74. The molecule has 0 aliphatic rings. The Bertz CT molecular complexity index is 931. The van der Waals surface area contributed by atoms with Crippen LogP contribution in [0.15, 0.2) is 61.2 Å². The fraction of sp³-hybridized carbons (Fsp3) is 0.211. The van der Waals surface area contributed by atoms with Gasteiger partial charge in [-0.25, -0.2) is 8.42 Å². The van der Waals surface area contributed by atoms with Gasteiger partial charge in [-0.2, -0.15) is 0 Å². The highest BCUT2D eigenvalue weighted by Gasteiger charge is 2.29. The van der Waals surface area contributed by atoms with Gasteiger partial charge in [0.1, 0.15) is 18.4 Å². The highest BCUT2D eigenvalue weighted by molar-refractivity contribution is 7.92. The van der Waals surface area contributed by atoms with E-state index < -0.39 is 22.0 Å². The second-order valence-electron chi connectivity index (χ2n) is 5.83. The molecule has 2 aromatic rings. The second-order valence-corrected chi connectivity index (χ2v) is 8.13. The highest BCUT2D eigenvalue weighted by atomic mass is 35.5. The van der Waals surface area contributed by atoms with Crippen LogP contribution >= 0.6 is 11.6 Å². The number of carbonyl (C=O) groups is 1. The summed E-state index contributed by atoms with van der Waals surface area (Å²) in [5, 5.41) is 3.09. The molecule has 27 heavy (non-hydrogen) atoms. The summed E-state index contributed by atoms with van der Waals surface area (Å²) in [5.41, 5.74) is 0.809. The zero-order chi connectivity index (χ0) is 20.0. The van der Waals surface area contributed by atoms with Gasteiger partial charge in [0.15, 0.2) is 0 Å². The Kier molecular flexibility index (Phi) is 6.87. The van der Waals surface area contributed by atoms with Gasteiger partial charge in [-0.1, -0.05) is 36.4 Å². The molecule has 6 nitrogen and oxygen atoms in total. The molecule has 0 radical (unpaired) electrons. The smallest absolute Gasteiger partial charge is 0.247 e. The van der Waals surface area contributed by atoms with Crippen LogP contribution in [0.1, 0.15) is 6.92 Å². The van der Waals surface area contributed by atoms with Crippen LogP contribution in [0.5, 0.6) is 5.75 Å². The van der Waals surface area contributed by atoms with Crippen molar-refractivity contribution in [3.05, 3.63) is 66.2 Å². The second kappa shape index (κ2) is 8.92. The van der Waals surface area contributed by atoms with Crippen LogP contribution in [0, 0.1) is 0 Å². The number of carbonyl (C=O) groups excluding carboxylic acids is 1. The maximum atomic E-state index is 12.7. The zero-order valence-electron chi connectivity index (χ0n) is 15.1. The van der Waals surface area contributed by atoms with Crippen molar-refractivity contribution >= 4 is 38.9 Å². The van der Waals surface area contributed by atoms with E-state index in [9.17, 15) is 13.2 Å². The number of halogens is 1. The van der Waals surface area contributed by atoms with E-state index in [0.717, 1.165) is 10.6 Å². The summed E-state index contributed by atoms with van der Waals surface area (Å²) in [5.74, 6) is 0.0800. The molecule has 0 heterocycles. The summed E-state index contributed by atoms with van der Waals surface area (Å²) in [4.78, 5) is 12.7. The summed E-state index contributed by atoms with van der Waals surface area (Å²) in [6, 6.07) is 12.2. The van der Waals surface area contributed by atoms with Crippen molar-refractivity contribution < 1.29 is 17.9 Å². The van der Waals surface area contributed by atoms with Crippen LogP contribution in [0.3, 0.4) is 0 Å². The van der Waals surface area contributed by atoms with E-state index in [1.54, 1.807) is 48.5 Å². The van der Waals surface area contributed by atoms with Gasteiger partial charge >= 0.3 is 0 Å². The van der Waals surface area contributed by atoms with Gasteiger partial charge in [0.2, 0.25) is 15.9 Å². The average molecular weight is 409 g/mol. The monoisotopic (exact) mass is 408 g/mol. The first-order chi connectivity index (χ1) is 12.7. The summed E-state index contributed by atoms with van der Waals surface area (Å²) >= 11 is 5.97. The van der Waals surface area contributed by atoms with Gasteiger partial charge in [-0.3, -0.25) is 9.10 Å². The van der Waals surface area contributed by atoms with Crippen LogP contribution in [0.25, 0.3) is 0 Å². The van der Waals surface area contributed by atoms with Gasteiger partial charge in [0.25, 0.3) is 0 Å². The Morgan fingerprint density at radius 3 is 2.63 bits per heavy atom. The first-order valence-corrected chi connectivity index (χ1v) is 10.3. The standard InChI is InChI=1S/C19H21ClN2O4S/c1-4-11-26-18-10-6-8-16(13-18)21-19(23)14(2)22(27(3,24)25)17-9-5-7-15(20)12-17/h4-10,12-14H,1,11H2,2-3H3,(H,21,23)/t14-/m0/s1. The van der Waals surface area contributed by atoms with E-state index in [-0.39, 0.29) is 0 Å². The number of nitrogens with one attached hydrogen (secondary N) is 1. The number of sulfonamides is 1. The lowest BCUT2D eigenvalue weighted by Gasteiger charge is -2.28. The summed E-state index contributed by atoms with van der Waals surface area (Å²) in [7, 11) is -3.71. The van der Waals surface area contributed by atoms with E-state index in [1.807, 2.05) is 0 Å². The fourth-order valence-electron chi connectivity index (χ4n) is 2.49. The molecule has 0 fully saturated rings. The minimum atomic E-state index is -3.71. The maximum absolute atomic E-state index is 12.7. The number of amides is 1. The maximum Gasteiger partial charge on any atom is 0.247 e. The van der Waals surface area contributed by atoms with Crippen LogP contribution < -0.4 is 14.4 Å². The molecule has 2 aromatic carbocycles. The van der Waals surface area contributed by atoms with Gasteiger partial charge in [0, 0.05) is 16.8 Å². The van der Waals surface area contributed by atoms with Gasteiger partial charge < -0.3 is 10.1 Å². The van der Waals surface area contributed by atoms with Crippen molar-refractivity contribution in [2.75, 3.05) is 22.5 Å². The SMILES string of the molecule is C=CCOc1cccc(NC(=O)[C@H](C)N(c2cccc(Cl)c2)S(C)(=O)=O)c1. The molecule has 0 saturated heterocycles. The van der Waals surface area contributed by atoms with Gasteiger partial charge in [-0.15, -0.1) is 0 Å². The Labute approximate surface area is 164 Å². The predicted octanol–water partition coefficient (Wildman–Crippen LogP) is 3.70. The largest absolute Gasteiger partial charge is 0.489 e. The molecule has 0 saturated carbocycles. The molecule has 0 spiro atoms. The molecule has 1 N–H and O–H groups in total. The minimum absolute atomic E-state index is 0.315. The number of ether oxygens (including phenoxy) is 1. The van der Waals surface area contributed by atoms with E-state index >= 15 is 0 Å². The molecular weight excluding hydrogens is 388 g/mol. The molecule has 1 atom stereocenters. The van der Waals surface area contributed by atoms with Crippen LogP contribution in [-0.2, 0) is 14.8 Å². The zero-order valence-corrected chi connectivity index (χ0v) is 16.6. The third-order valence-corrected chi connectivity index (χ3v) is 5.10. The summed E-state index contributed by atoms with van der Waals surface area (Å²) in [6.45, 7) is 5.43. The van der Waals surface area contributed by atoms with Gasteiger partial charge in [-0.05, 0) is 37.3 Å². The highest BCUT2D eigenvalue weighted by Crippen LogP contribution is 2.25. The number of rotatable bonds is 8. The van der Waals surface area contributed by atoms with Crippen LogP contribution in [-0.4, -0.2) is 33.2 Å². The number of hydrogen-bond acceptors (Lipinski definition) is 4. The van der Waals surface area contributed by atoms with E-state index in [4.69, 9.17) is 16.3 Å². The quantitative estimate of drug-likeness (QED) is 0.676. The average Bonchev–Trinajstić information content (AvgIpc) is 2.59. The van der Waals surface area contributed by atoms with Crippen molar-refractivity contribution in [3.63, 3.8) is 0 Å². The van der Waals surface area contributed by atoms with Crippen molar-refractivity contribution in [2.24, 2.45) is 0 Å². The Balaban J connectivity index is 2.24. The topological polar surface area (TPSA) is 75.7 Å². The van der Waals surface area contributed by atoms with Crippen molar-refractivity contribution in [1.82, 2.24) is 0 Å². The van der Waals surface area contributed by atoms with E-state index in [1.165, 1.54) is 13.0 Å². The molecule has 0 bridgehead atoms. The molecule has 2 rings (SSSR count). The number of benzene rings is 2. The van der Waals surface area contributed by atoms with Crippen molar-refractivity contribution in [3.8, 4) is 5.75 Å². The number of hydrogen-bond donors (Lipinski definition) is 1. The molecule has 1 amide bonds. The summed E-state index contributed by atoms with van der Waals surface area (Å²) < 4.78 is 31.0. The minimum Gasteiger partial charge on any atom is -0.489 e. The molecule has 144 valence electrons. The lowest BCUT2D eigenvalue weighted by Crippen LogP contribution is -2.45. The first-order valence-electron chi connectivity index (χ1n) is 8.12. The predicted molar refractivity (Wildman–Crippen MR) is 109 cm³/mol. The molecule has 0 unspecified atom stereocenters. The van der Waals surface area contributed by atoms with E-state index in [2.05, 4.69) is 11.9 Å². The Hall–Kier alpha value is -2.51. The van der Waals surface area contributed by atoms with Crippen LogP contribution in [0.2, 0.25) is 5.02 Å².